The quantitative estimate of drug-likeness (QED) is 0.803. The molecular formula is C17H15N5O. The van der Waals surface area contributed by atoms with E-state index in [9.17, 15) is 5.26 Å². The summed E-state index contributed by atoms with van der Waals surface area (Å²) in [6.45, 7) is 0. The van der Waals surface area contributed by atoms with E-state index in [-0.39, 0.29) is 5.82 Å². The van der Waals surface area contributed by atoms with Crippen molar-refractivity contribution in [1.29, 1.82) is 5.26 Å². The smallest absolute Gasteiger partial charge is 0.142 e. The fourth-order valence-electron chi connectivity index (χ4n) is 2.43. The van der Waals surface area contributed by atoms with Gasteiger partial charge in [-0.15, -0.1) is 0 Å². The molecule has 2 N–H and O–H groups in total. The Labute approximate surface area is 133 Å². The summed E-state index contributed by atoms with van der Waals surface area (Å²) in [5.74, 6) is 0.972. The topological polar surface area (TPSA) is 89.8 Å². The van der Waals surface area contributed by atoms with Gasteiger partial charge in [-0.1, -0.05) is 0 Å². The van der Waals surface area contributed by atoms with E-state index in [1.807, 2.05) is 43.4 Å². The maximum absolute atomic E-state index is 9.40. The minimum Gasteiger partial charge on any atom is -0.497 e. The first-order chi connectivity index (χ1) is 11.1. The second-order valence-electron chi connectivity index (χ2n) is 5.00. The summed E-state index contributed by atoms with van der Waals surface area (Å²) < 4.78 is 6.87. The number of anilines is 1. The van der Waals surface area contributed by atoms with Crippen molar-refractivity contribution < 1.29 is 4.74 Å². The summed E-state index contributed by atoms with van der Waals surface area (Å²) in [4.78, 5) is 4.35. The maximum atomic E-state index is 9.40. The summed E-state index contributed by atoms with van der Waals surface area (Å²) >= 11 is 0. The van der Waals surface area contributed by atoms with Crippen LogP contribution in [0.3, 0.4) is 0 Å². The van der Waals surface area contributed by atoms with Crippen molar-refractivity contribution in [2.75, 3.05) is 12.8 Å². The Morgan fingerprint density at radius 3 is 2.52 bits per heavy atom. The van der Waals surface area contributed by atoms with Gasteiger partial charge in [0.2, 0.25) is 0 Å². The highest BCUT2D eigenvalue weighted by molar-refractivity contribution is 5.78. The number of aromatic nitrogens is 3. The SMILES string of the molecule is COc1ccc(-c2cc(-c3ccnn3C)c(C#N)c(N)n2)cc1. The fourth-order valence-corrected chi connectivity index (χ4v) is 2.43. The molecule has 0 spiro atoms. The molecule has 6 heteroatoms. The number of nitriles is 1. The van der Waals surface area contributed by atoms with Crippen molar-refractivity contribution in [2.24, 2.45) is 7.05 Å². The van der Waals surface area contributed by atoms with E-state index >= 15 is 0 Å². The number of hydrogen-bond acceptors (Lipinski definition) is 5. The summed E-state index contributed by atoms with van der Waals surface area (Å²) in [5.41, 5.74) is 9.46. The van der Waals surface area contributed by atoms with Crippen LogP contribution < -0.4 is 10.5 Å². The lowest BCUT2D eigenvalue weighted by molar-refractivity contribution is 0.415. The van der Waals surface area contributed by atoms with E-state index in [2.05, 4.69) is 16.2 Å². The van der Waals surface area contributed by atoms with Gasteiger partial charge in [-0.3, -0.25) is 4.68 Å². The van der Waals surface area contributed by atoms with Crippen LogP contribution >= 0.6 is 0 Å². The Kier molecular flexibility index (Phi) is 3.69. The third-order valence-electron chi connectivity index (χ3n) is 3.64. The number of hydrogen-bond donors (Lipinski definition) is 1. The van der Waals surface area contributed by atoms with Crippen molar-refractivity contribution in [2.45, 2.75) is 0 Å². The van der Waals surface area contributed by atoms with E-state index in [1.54, 1.807) is 18.0 Å². The first kappa shape index (κ1) is 14.6. The van der Waals surface area contributed by atoms with Gasteiger partial charge in [0.05, 0.1) is 18.5 Å². The Morgan fingerprint density at radius 2 is 1.96 bits per heavy atom. The molecule has 0 aliphatic carbocycles. The van der Waals surface area contributed by atoms with Gasteiger partial charge in [-0.05, 0) is 36.4 Å². The van der Waals surface area contributed by atoms with Crippen LogP contribution in [0.5, 0.6) is 5.75 Å². The molecule has 0 saturated heterocycles. The molecule has 0 aliphatic rings. The number of methoxy groups -OCH3 is 1. The molecule has 0 radical (unpaired) electrons. The first-order valence-electron chi connectivity index (χ1n) is 6.97. The molecule has 1 aromatic carbocycles. The van der Waals surface area contributed by atoms with Crippen LogP contribution in [0.25, 0.3) is 22.5 Å². The molecule has 3 aromatic rings. The third-order valence-corrected chi connectivity index (χ3v) is 3.64. The summed E-state index contributed by atoms with van der Waals surface area (Å²) in [7, 11) is 3.44. The molecule has 0 atom stereocenters. The highest BCUT2D eigenvalue weighted by Crippen LogP contribution is 2.31. The van der Waals surface area contributed by atoms with E-state index in [0.29, 0.717) is 16.8 Å². The maximum Gasteiger partial charge on any atom is 0.142 e. The molecule has 0 fully saturated rings. The van der Waals surface area contributed by atoms with E-state index in [4.69, 9.17) is 10.5 Å². The number of rotatable bonds is 3. The lowest BCUT2D eigenvalue weighted by Gasteiger charge is -2.10. The second kappa shape index (κ2) is 5.81. The number of aryl methyl sites for hydroxylation is 1. The number of ether oxygens (including phenoxy) is 1. The monoisotopic (exact) mass is 305 g/mol. The van der Waals surface area contributed by atoms with Gasteiger partial charge in [0.15, 0.2) is 0 Å². The second-order valence-corrected chi connectivity index (χ2v) is 5.00. The Balaban J connectivity index is 2.18. The highest BCUT2D eigenvalue weighted by atomic mass is 16.5. The van der Waals surface area contributed by atoms with Crippen LogP contribution in [0.15, 0.2) is 42.6 Å². The Hall–Kier alpha value is -3.33. The largest absolute Gasteiger partial charge is 0.497 e. The van der Waals surface area contributed by atoms with Gasteiger partial charge < -0.3 is 10.5 Å². The van der Waals surface area contributed by atoms with Crippen molar-refractivity contribution in [3.05, 3.63) is 48.2 Å². The van der Waals surface area contributed by atoms with Crippen LogP contribution in [-0.2, 0) is 7.05 Å². The summed E-state index contributed by atoms with van der Waals surface area (Å²) in [6, 6.07) is 13.3. The van der Waals surface area contributed by atoms with Crippen molar-refractivity contribution in [3.63, 3.8) is 0 Å². The molecule has 6 nitrogen and oxygen atoms in total. The molecule has 2 aromatic heterocycles. The predicted molar refractivity (Wildman–Crippen MR) is 87.6 cm³/mol. The van der Waals surface area contributed by atoms with Crippen LogP contribution in [0.1, 0.15) is 5.56 Å². The number of pyridine rings is 1. The zero-order valence-corrected chi connectivity index (χ0v) is 12.8. The van der Waals surface area contributed by atoms with Gasteiger partial charge in [0, 0.05) is 24.4 Å². The highest BCUT2D eigenvalue weighted by Gasteiger charge is 2.15. The molecular weight excluding hydrogens is 290 g/mol. The van der Waals surface area contributed by atoms with Crippen LogP contribution in [0.4, 0.5) is 5.82 Å². The average Bonchev–Trinajstić information content (AvgIpc) is 3.00. The molecule has 0 saturated carbocycles. The number of nitrogen functional groups attached to an aromatic ring is 1. The lowest BCUT2D eigenvalue weighted by Crippen LogP contribution is -2.02. The summed E-state index contributed by atoms with van der Waals surface area (Å²) in [6.07, 6.45) is 1.68. The van der Waals surface area contributed by atoms with Crippen LogP contribution in [0, 0.1) is 11.3 Å². The summed E-state index contributed by atoms with van der Waals surface area (Å²) in [5, 5.41) is 13.6. The number of nitrogens with two attached hydrogens (primary N) is 1. The van der Waals surface area contributed by atoms with Crippen LogP contribution in [0.2, 0.25) is 0 Å². The minimum absolute atomic E-state index is 0.206. The standard InChI is InChI=1S/C17H15N5O/c1-22-16(7-8-20-22)13-9-15(21-17(19)14(13)10-18)11-3-5-12(23-2)6-4-11/h3-9H,1-2H3,(H2,19,21). The number of benzene rings is 1. The average molecular weight is 305 g/mol. The zero-order chi connectivity index (χ0) is 16.4. The Morgan fingerprint density at radius 1 is 1.22 bits per heavy atom. The van der Waals surface area contributed by atoms with Gasteiger partial charge in [-0.2, -0.15) is 10.4 Å². The van der Waals surface area contributed by atoms with Crippen molar-refractivity contribution in [1.82, 2.24) is 14.8 Å². The third kappa shape index (κ3) is 2.60. The van der Waals surface area contributed by atoms with Crippen molar-refractivity contribution >= 4 is 5.82 Å². The number of nitrogens with zero attached hydrogens (tertiary/aromatic N) is 4. The zero-order valence-electron chi connectivity index (χ0n) is 12.8. The van der Waals surface area contributed by atoms with E-state index in [0.717, 1.165) is 17.0 Å². The fraction of sp³-hybridized carbons (Fsp3) is 0.118. The molecule has 0 amide bonds. The molecule has 114 valence electrons. The normalized spacial score (nSPS) is 10.3. The van der Waals surface area contributed by atoms with E-state index in [1.165, 1.54) is 0 Å². The van der Waals surface area contributed by atoms with Gasteiger partial charge in [0.1, 0.15) is 23.2 Å². The molecule has 0 aliphatic heterocycles. The first-order valence-corrected chi connectivity index (χ1v) is 6.97. The van der Waals surface area contributed by atoms with E-state index < -0.39 is 0 Å². The van der Waals surface area contributed by atoms with Gasteiger partial charge >= 0.3 is 0 Å². The molecule has 0 bridgehead atoms. The van der Waals surface area contributed by atoms with Gasteiger partial charge in [0.25, 0.3) is 0 Å². The lowest BCUT2D eigenvalue weighted by atomic mass is 10.0. The Bertz CT molecular complexity index is 890. The molecule has 23 heavy (non-hydrogen) atoms. The minimum atomic E-state index is 0.206. The van der Waals surface area contributed by atoms with Crippen LogP contribution in [-0.4, -0.2) is 21.9 Å². The molecule has 0 unspecified atom stereocenters. The van der Waals surface area contributed by atoms with Gasteiger partial charge in [-0.25, -0.2) is 4.98 Å². The predicted octanol–water partition coefficient (Wildman–Crippen LogP) is 2.61. The van der Waals surface area contributed by atoms with Crippen molar-refractivity contribution in [3.8, 4) is 34.3 Å². The molecule has 2 heterocycles. The molecule has 3 rings (SSSR count).